The molecule has 0 spiro atoms. The minimum absolute atomic E-state index is 0.0416. The molecular weight excluding hydrogens is 364 g/mol. The van der Waals surface area contributed by atoms with Crippen LogP contribution in [0.1, 0.15) is 26.6 Å². The molecule has 1 aromatic heterocycles. The van der Waals surface area contributed by atoms with E-state index in [9.17, 15) is 18.4 Å². The van der Waals surface area contributed by atoms with E-state index in [4.69, 9.17) is 0 Å². The number of anilines is 1. The van der Waals surface area contributed by atoms with E-state index in [2.05, 4.69) is 25.8 Å². The number of hydrogen-bond acceptors (Lipinski definition) is 5. The average molecular weight is 383 g/mol. The van der Waals surface area contributed by atoms with Crippen LogP contribution in [0.2, 0.25) is 0 Å². The van der Waals surface area contributed by atoms with Gasteiger partial charge in [-0.1, -0.05) is 32.5 Å². The first-order chi connectivity index (χ1) is 12.1. The van der Waals surface area contributed by atoms with Crippen molar-refractivity contribution in [2.45, 2.75) is 31.3 Å². The number of hydrogen-bond donors (Lipinski definition) is 3. The molecule has 2 rings (SSSR count). The molecule has 0 radical (unpaired) electrons. The van der Waals surface area contributed by atoms with Crippen molar-refractivity contribution in [1.29, 1.82) is 0 Å². The summed E-state index contributed by atoms with van der Waals surface area (Å²) in [7, 11) is 0. The minimum atomic E-state index is -1.07. The Labute approximate surface area is 153 Å². The van der Waals surface area contributed by atoms with Crippen LogP contribution in [-0.4, -0.2) is 39.3 Å². The van der Waals surface area contributed by atoms with Gasteiger partial charge in [0, 0.05) is 17.2 Å². The first-order valence-electron chi connectivity index (χ1n) is 7.72. The van der Waals surface area contributed by atoms with Crippen molar-refractivity contribution in [2.24, 2.45) is 0 Å². The van der Waals surface area contributed by atoms with Gasteiger partial charge in [0.1, 0.15) is 5.82 Å². The van der Waals surface area contributed by atoms with Crippen LogP contribution in [0.4, 0.5) is 14.5 Å². The zero-order valence-corrected chi connectivity index (χ0v) is 15.3. The molecule has 0 aliphatic heterocycles. The molecule has 10 heteroatoms. The molecule has 2 aromatic rings. The monoisotopic (exact) mass is 383 g/mol. The molecule has 0 unspecified atom stereocenters. The lowest BCUT2D eigenvalue weighted by atomic mass is 9.96. The third-order valence-electron chi connectivity index (χ3n) is 3.16. The summed E-state index contributed by atoms with van der Waals surface area (Å²) in [5.41, 5.74) is -0.0700. The number of carbonyl (C=O) groups excluding carboxylic acids is 2. The number of nitrogens with one attached hydrogen (secondary N) is 3. The number of thioether (sulfide) groups is 1. The Morgan fingerprint density at radius 2 is 1.92 bits per heavy atom. The van der Waals surface area contributed by atoms with Crippen molar-refractivity contribution in [3.63, 3.8) is 0 Å². The Bertz CT molecular complexity index is 804. The molecule has 3 N–H and O–H groups in total. The number of nitrogens with zero attached hydrogens (tertiary/aromatic N) is 2. The fourth-order valence-corrected chi connectivity index (χ4v) is 2.41. The number of amides is 2. The van der Waals surface area contributed by atoms with Gasteiger partial charge in [0.2, 0.25) is 17.0 Å². The molecule has 1 aromatic carbocycles. The molecule has 2 amide bonds. The second kappa shape index (κ2) is 8.26. The topological polar surface area (TPSA) is 99.8 Å². The van der Waals surface area contributed by atoms with Crippen molar-refractivity contribution in [3.05, 3.63) is 35.7 Å². The molecule has 140 valence electrons. The number of H-pyrrole nitrogens is 1. The van der Waals surface area contributed by atoms with Crippen LogP contribution in [0.25, 0.3) is 0 Å². The summed E-state index contributed by atoms with van der Waals surface area (Å²) < 4.78 is 25.9. The standard InChI is InChI=1S/C16H19F2N5O2S/c1-16(2,3)14-21-15(23-22-14)26-8-13(25)19-7-12(24)20-9-4-5-10(17)11(18)6-9/h4-6H,7-8H2,1-3H3,(H,19,25)(H,20,24)(H,21,22,23). The fraction of sp³-hybridized carbons (Fsp3) is 0.375. The predicted molar refractivity (Wildman–Crippen MR) is 93.8 cm³/mol. The second-order valence-corrected chi connectivity index (χ2v) is 7.40. The maximum atomic E-state index is 13.1. The van der Waals surface area contributed by atoms with Crippen molar-refractivity contribution in [1.82, 2.24) is 20.5 Å². The van der Waals surface area contributed by atoms with Gasteiger partial charge in [-0.05, 0) is 12.1 Å². The molecule has 7 nitrogen and oxygen atoms in total. The van der Waals surface area contributed by atoms with E-state index in [-0.39, 0.29) is 29.3 Å². The van der Waals surface area contributed by atoms with E-state index in [1.807, 2.05) is 20.8 Å². The number of carbonyl (C=O) groups is 2. The largest absolute Gasteiger partial charge is 0.346 e. The summed E-state index contributed by atoms with van der Waals surface area (Å²) in [6, 6.07) is 2.99. The SMILES string of the molecule is CC(C)(C)c1nc(SCC(=O)NCC(=O)Nc2ccc(F)c(F)c2)n[nH]1. The highest BCUT2D eigenvalue weighted by Gasteiger charge is 2.19. The second-order valence-electron chi connectivity index (χ2n) is 6.46. The summed E-state index contributed by atoms with van der Waals surface area (Å²) >= 11 is 1.14. The zero-order chi connectivity index (χ0) is 19.3. The maximum Gasteiger partial charge on any atom is 0.243 e. The van der Waals surface area contributed by atoms with Crippen LogP contribution >= 0.6 is 11.8 Å². The highest BCUT2D eigenvalue weighted by Crippen LogP contribution is 2.20. The van der Waals surface area contributed by atoms with Crippen LogP contribution in [0.3, 0.4) is 0 Å². The number of aromatic nitrogens is 3. The van der Waals surface area contributed by atoms with E-state index >= 15 is 0 Å². The summed E-state index contributed by atoms with van der Waals surface area (Å²) in [6.45, 7) is 5.67. The average Bonchev–Trinajstić information content (AvgIpc) is 3.04. The fourth-order valence-electron chi connectivity index (χ4n) is 1.79. The van der Waals surface area contributed by atoms with E-state index in [1.54, 1.807) is 0 Å². The van der Waals surface area contributed by atoms with Gasteiger partial charge in [-0.2, -0.15) is 0 Å². The lowest BCUT2D eigenvalue weighted by Gasteiger charge is -2.12. The zero-order valence-electron chi connectivity index (χ0n) is 14.5. The van der Waals surface area contributed by atoms with Gasteiger partial charge < -0.3 is 10.6 Å². The summed E-state index contributed by atoms with van der Waals surface area (Å²) in [5, 5.41) is 12.1. The third kappa shape index (κ3) is 5.80. The van der Waals surface area contributed by atoms with Crippen molar-refractivity contribution < 1.29 is 18.4 Å². The minimum Gasteiger partial charge on any atom is -0.346 e. The van der Waals surface area contributed by atoms with Crippen molar-refractivity contribution in [2.75, 3.05) is 17.6 Å². The molecule has 26 heavy (non-hydrogen) atoms. The number of rotatable bonds is 6. The summed E-state index contributed by atoms with van der Waals surface area (Å²) in [5.74, 6) is -2.25. The Morgan fingerprint density at radius 1 is 1.19 bits per heavy atom. The van der Waals surface area contributed by atoms with E-state index in [1.165, 1.54) is 6.07 Å². The highest BCUT2D eigenvalue weighted by molar-refractivity contribution is 7.99. The Kier molecular flexibility index (Phi) is 6.30. The molecule has 0 saturated carbocycles. The lowest BCUT2D eigenvalue weighted by molar-refractivity contribution is -0.122. The first-order valence-corrected chi connectivity index (χ1v) is 8.71. The predicted octanol–water partition coefficient (Wildman–Crippen LogP) is 2.23. The molecule has 0 fully saturated rings. The number of benzene rings is 1. The quantitative estimate of drug-likeness (QED) is 0.664. The first kappa shape index (κ1) is 19.8. The number of aromatic amines is 1. The van der Waals surface area contributed by atoms with Gasteiger partial charge in [0.25, 0.3) is 0 Å². The Balaban J connectivity index is 1.75. The van der Waals surface area contributed by atoms with E-state index in [0.29, 0.717) is 11.0 Å². The molecule has 0 bridgehead atoms. The maximum absolute atomic E-state index is 13.1. The highest BCUT2D eigenvalue weighted by atomic mass is 32.2. The van der Waals surface area contributed by atoms with Gasteiger partial charge in [-0.25, -0.2) is 13.8 Å². The van der Waals surface area contributed by atoms with E-state index < -0.39 is 17.5 Å². The molecule has 0 aliphatic rings. The molecular formula is C16H19F2N5O2S. The Hall–Kier alpha value is -2.49. The third-order valence-corrected chi connectivity index (χ3v) is 4.00. The normalized spacial score (nSPS) is 11.3. The number of halogens is 2. The van der Waals surface area contributed by atoms with Gasteiger partial charge in [0.05, 0.1) is 12.3 Å². The Morgan fingerprint density at radius 3 is 2.54 bits per heavy atom. The summed E-state index contributed by atoms with van der Waals surface area (Å²) in [6.07, 6.45) is 0. The van der Waals surface area contributed by atoms with Crippen LogP contribution in [0, 0.1) is 11.6 Å². The molecule has 0 saturated heterocycles. The molecule has 1 heterocycles. The van der Waals surface area contributed by atoms with Crippen LogP contribution in [-0.2, 0) is 15.0 Å². The van der Waals surface area contributed by atoms with Gasteiger partial charge in [0.15, 0.2) is 11.6 Å². The molecule has 0 aliphatic carbocycles. The van der Waals surface area contributed by atoms with Crippen LogP contribution in [0.15, 0.2) is 23.4 Å². The van der Waals surface area contributed by atoms with Crippen LogP contribution < -0.4 is 10.6 Å². The molecule has 0 atom stereocenters. The van der Waals surface area contributed by atoms with E-state index in [0.717, 1.165) is 23.9 Å². The van der Waals surface area contributed by atoms with Gasteiger partial charge in [-0.3, -0.25) is 14.7 Å². The lowest BCUT2D eigenvalue weighted by Crippen LogP contribution is -2.33. The summed E-state index contributed by atoms with van der Waals surface area (Å²) in [4.78, 5) is 27.8. The smallest absolute Gasteiger partial charge is 0.243 e. The van der Waals surface area contributed by atoms with Crippen LogP contribution in [0.5, 0.6) is 0 Å². The van der Waals surface area contributed by atoms with Crippen molar-refractivity contribution >= 4 is 29.3 Å². The van der Waals surface area contributed by atoms with Gasteiger partial charge >= 0.3 is 0 Å². The van der Waals surface area contributed by atoms with Gasteiger partial charge in [-0.15, -0.1) is 5.10 Å². The van der Waals surface area contributed by atoms with Crippen molar-refractivity contribution in [3.8, 4) is 0 Å².